The summed E-state index contributed by atoms with van der Waals surface area (Å²) in [6.07, 6.45) is 2.37. The van der Waals surface area contributed by atoms with Crippen LogP contribution in [0.15, 0.2) is 35.2 Å². The van der Waals surface area contributed by atoms with Gasteiger partial charge < -0.3 is 10.2 Å². The number of nitrogens with zero attached hydrogens (tertiary/aromatic N) is 3. The van der Waals surface area contributed by atoms with E-state index in [2.05, 4.69) is 59.2 Å². The van der Waals surface area contributed by atoms with Crippen LogP contribution in [0.25, 0.3) is 0 Å². The number of nitrogens with one attached hydrogen (secondary N) is 1. The van der Waals surface area contributed by atoms with E-state index in [1.165, 1.54) is 34.7 Å². The second kappa shape index (κ2) is 8.70. The molecule has 1 aliphatic rings. The summed E-state index contributed by atoms with van der Waals surface area (Å²) >= 11 is 1.95. The Bertz CT molecular complexity index is 612. The molecule has 0 saturated carbocycles. The maximum absolute atomic E-state index is 4.76. The van der Waals surface area contributed by atoms with E-state index in [1.807, 2.05) is 11.8 Å². The minimum absolute atomic E-state index is 0.940. The highest BCUT2D eigenvalue weighted by Gasteiger charge is 2.11. The van der Waals surface area contributed by atoms with E-state index in [9.17, 15) is 0 Å². The fourth-order valence-electron chi connectivity index (χ4n) is 3.01. The zero-order valence-corrected chi connectivity index (χ0v) is 15.6. The van der Waals surface area contributed by atoms with E-state index in [1.54, 1.807) is 0 Å². The Morgan fingerprint density at radius 2 is 2.12 bits per heavy atom. The van der Waals surface area contributed by atoms with Crippen LogP contribution < -0.4 is 5.32 Å². The van der Waals surface area contributed by atoms with Crippen molar-refractivity contribution < 1.29 is 0 Å². The normalized spacial score (nSPS) is 14.6. The highest BCUT2D eigenvalue weighted by molar-refractivity contribution is 7.99. The van der Waals surface area contributed by atoms with Gasteiger partial charge in [-0.15, -0.1) is 11.8 Å². The van der Waals surface area contributed by atoms with E-state index in [0.717, 1.165) is 38.5 Å². The summed E-state index contributed by atoms with van der Waals surface area (Å²) in [7, 11) is 2.19. The van der Waals surface area contributed by atoms with Crippen molar-refractivity contribution in [2.45, 2.75) is 44.3 Å². The highest BCUT2D eigenvalue weighted by atomic mass is 32.2. The molecule has 5 heteroatoms. The topological polar surface area (TPSA) is 33.1 Å². The molecule has 0 spiro atoms. The van der Waals surface area contributed by atoms with E-state index in [0.29, 0.717) is 0 Å². The summed E-state index contributed by atoms with van der Waals surface area (Å²) in [5.74, 6) is 1.16. The summed E-state index contributed by atoms with van der Waals surface area (Å²) < 4.78 is 2.18. The zero-order chi connectivity index (χ0) is 16.8. The lowest BCUT2D eigenvalue weighted by Gasteiger charge is -2.14. The number of aromatic nitrogens is 2. The van der Waals surface area contributed by atoms with Crippen molar-refractivity contribution in [1.82, 2.24) is 20.0 Å². The highest BCUT2D eigenvalue weighted by Crippen LogP contribution is 2.19. The van der Waals surface area contributed by atoms with Gasteiger partial charge in [-0.05, 0) is 63.9 Å². The minimum Gasteiger partial charge on any atom is -0.311 e. The Morgan fingerprint density at radius 3 is 2.96 bits per heavy atom. The molecule has 1 aromatic carbocycles. The molecule has 0 atom stereocenters. The number of benzene rings is 1. The molecular weight excluding hydrogens is 316 g/mol. The molecule has 3 rings (SSSR count). The van der Waals surface area contributed by atoms with Crippen LogP contribution in [-0.2, 0) is 19.6 Å². The summed E-state index contributed by atoms with van der Waals surface area (Å²) in [6, 6.07) is 11.1. The quantitative estimate of drug-likeness (QED) is 0.617. The van der Waals surface area contributed by atoms with Gasteiger partial charge >= 0.3 is 0 Å². The maximum atomic E-state index is 4.76. The molecule has 1 aromatic heterocycles. The number of rotatable bonds is 7. The largest absolute Gasteiger partial charge is 0.311 e. The standard InChI is InChI=1S/C19H28N4S/c1-16-5-7-19(8-6-16)24-12-4-10-22(2)15-17-13-18-14-20-9-3-11-23(18)21-17/h5-8,13,20H,3-4,9-12,14-15H2,1-2H3. The van der Waals surface area contributed by atoms with Gasteiger partial charge in [-0.3, -0.25) is 4.68 Å². The molecular formula is C19H28N4S. The summed E-state index contributed by atoms with van der Waals surface area (Å²) in [5, 5.41) is 8.22. The van der Waals surface area contributed by atoms with Gasteiger partial charge in [-0.25, -0.2) is 0 Å². The van der Waals surface area contributed by atoms with E-state index in [-0.39, 0.29) is 0 Å². The summed E-state index contributed by atoms with van der Waals surface area (Å²) in [4.78, 5) is 3.75. The first-order valence-corrected chi connectivity index (χ1v) is 9.83. The van der Waals surface area contributed by atoms with Gasteiger partial charge in [-0.2, -0.15) is 5.10 Å². The first kappa shape index (κ1) is 17.5. The third kappa shape index (κ3) is 5.10. The Morgan fingerprint density at radius 1 is 1.29 bits per heavy atom. The lowest BCUT2D eigenvalue weighted by molar-refractivity contribution is 0.323. The van der Waals surface area contributed by atoms with Gasteiger partial charge in [0.05, 0.1) is 11.4 Å². The molecule has 130 valence electrons. The molecule has 0 unspecified atom stereocenters. The molecule has 4 nitrogen and oxygen atoms in total. The number of hydrogen-bond donors (Lipinski definition) is 1. The predicted octanol–water partition coefficient (Wildman–Crippen LogP) is 3.30. The number of aryl methyl sites for hydroxylation is 2. The monoisotopic (exact) mass is 344 g/mol. The molecule has 2 heterocycles. The van der Waals surface area contributed by atoms with Crippen molar-refractivity contribution >= 4 is 11.8 Å². The van der Waals surface area contributed by atoms with Gasteiger partial charge in [0, 0.05) is 24.5 Å². The first-order valence-electron chi connectivity index (χ1n) is 8.85. The maximum Gasteiger partial charge on any atom is 0.0768 e. The average molecular weight is 345 g/mol. The van der Waals surface area contributed by atoms with Crippen molar-refractivity contribution in [3.63, 3.8) is 0 Å². The molecule has 0 amide bonds. The van der Waals surface area contributed by atoms with Crippen molar-refractivity contribution in [3.05, 3.63) is 47.3 Å². The Kier molecular flexibility index (Phi) is 6.35. The SMILES string of the molecule is Cc1ccc(SCCCN(C)Cc2cc3n(n2)CCCNC3)cc1. The molecule has 0 saturated heterocycles. The minimum atomic E-state index is 0.940. The van der Waals surface area contributed by atoms with Crippen LogP contribution in [0.3, 0.4) is 0 Å². The van der Waals surface area contributed by atoms with Gasteiger partial charge in [0.15, 0.2) is 0 Å². The van der Waals surface area contributed by atoms with Crippen LogP contribution in [0.4, 0.5) is 0 Å². The Labute approximate surface area is 149 Å². The van der Waals surface area contributed by atoms with Crippen LogP contribution in [0.5, 0.6) is 0 Å². The Hall–Kier alpha value is -1.30. The lowest BCUT2D eigenvalue weighted by atomic mass is 10.2. The van der Waals surface area contributed by atoms with Gasteiger partial charge in [-0.1, -0.05) is 17.7 Å². The van der Waals surface area contributed by atoms with Crippen molar-refractivity contribution in [2.24, 2.45) is 0 Å². The molecule has 1 N–H and O–H groups in total. The summed E-state index contributed by atoms with van der Waals surface area (Å²) in [6.45, 7) is 7.27. The number of hydrogen-bond acceptors (Lipinski definition) is 4. The fourth-order valence-corrected chi connectivity index (χ4v) is 3.85. The molecule has 1 aliphatic heterocycles. The summed E-state index contributed by atoms with van der Waals surface area (Å²) in [5.41, 5.74) is 3.85. The first-order chi connectivity index (χ1) is 11.7. The van der Waals surface area contributed by atoms with Crippen LogP contribution >= 0.6 is 11.8 Å². The third-order valence-corrected chi connectivity index (χ3v) is 5.45. The van der Waals surface area contributed by atoms with Gasteiger partial charge in [0.2, 0.25) is 0 Å². The van der Waals surface area contributed by atoms with Crippen molar-refractivity contribution in [1.29, 1.82) is 0 Å². The second-order valence-electron chi connectivity index (χ2n) is 6.63. The molecule has 0 bridgehead atoms. The van der Waals surface area contributed by atoms with Gasteiger partial charge in [0.25, 0.3) is 0 Å². The number of fused-ring (bicyclic) bond motifs is 1. The zero-order valence-electron chi connectivity index (χ0n) is 14.8. The van der Waals surface area contributed by atoms with Crippen molar-refractivity contribution in [2.75, 3.05) is 25.9 Å². The van der Waals surface area contributed by atoms with Crippen LogP contribution in [0, 0.1) is 6.92 Å². The molecule has 0 aliphatic carbocycles. The van der Waals surface area contributed by atoms with E-state index in [4.69, 9.17) is 5.10 Å². The smallest absolute Gasteiger partial charge is 0.0768 e. The molecule has 2 aromatic rings. The van der Waals surface area contributed by atoms with Crippen LogP contribution in [0.1, 0.15) is 29.8 Å². The van der Waals surface area contributed by atoms with Crippen molar-refractivity contribution in [3.8, 4) is 0 Å². The Balaban J connectivity index is 1.39. The molecule has 0 fully saturated rings. The lowest BCUT2D eigenvalue weighted by Crippen LogP contribution is -2.20. The molecule has 24 heavy (non-hydrogen) atoms. The fraction of sp³-hybridized carbons (Fsp3) is 0.526. The van der Waals surface area contributed by atoms with E-state index < -0.39 is 0 Å². The average Bonchev–Trinajstić information content (AvgIpc) is 2.81. The molecule has 0 radical (unpaired) electrons. The second-order valence-corrected chi connectivity index (χ2v) is 7.80. The van der Waals surface area contributed by atoms with Gasteiger partial charge in [0.1, 0.15) is 0 Å². The van der Waals surface area contributed by atoms with Crippen LogP contribution in [-0.4, -0.2) is 40.6 Å². The number of thioether (sulfide) groups is 1. The van der Waals surface area contributed by atoms with Crippen LogP contribution in [0.2, 0.25) is 0 Å². The third-order valence-electron chi connectivity index (χ3n) is 4.35. The predicted molar refractivity (Wildman–Crippen MR) is 101 cm³/mol. The van der Waals surface area contributed by atoms with E-state index >= 15 is 0 Å².